The number of nitrogens with one attached hydrogen (secondary N) is 1. The van der Waals surface area contributed by atoms with Gasteiger partial charge in [0.1, 0.15) is 16.9 Å². The van der Waals surface area contributed by atoms with Gasteiger partial charge in [-0.1, -0.05) is 19.8 Å². The molecule has 1 amide bonds. The van der Waals surface area contributed by atoms with Crippen molar-refractivity contribution in [3.05, 3.63) is 23.8 Å². The van der Waals surface area contributed by atoms with E-state index < -0.39 is 11.6 Å². The van der Waals surface area contributed by atoms with Crippen LogP contribution in [0.25, 0.3) is 0 Å². The van der Waals surface area contributed by atoms with Gasteiger partial charge >= 0.3 is 5.97 Å². The van der Waals surface area contributed by atoms with Crippen molar-refractivity contribution in [2.75, 3.05) is 25.6 Å². The summed E-state index contributed by atoms with van der Waals surface area (Å²) in [5.74, 6) is -0.327. The topological polar surface area (TPSA) is 73.9 Å². The van der Waals surface area contributed by atoms with Crippen LogP contribution in [0.5, 0.6) is 5.75 Å². The maximum atomic E-state index is 12.7. The SMILES string of the molecule is CCCC[C@](C)(OCC)C(=O)Nc1ccc(OC)c(C(=O)OCC)c1. The minimum Gasteiger partial charge on any atom is -0.496 e. The van der Waals surface area contributed by atoms with Crippen LogP contribution in [0.15, 0.2) is 18.2 Å². The molecule has 0 aliphatic heterocycles. The maximum absolute atomic E-state index is 12.7. The molecule has 0 bridgehead atoms. The number of unbranched alkanes of at least 4 members (excludes halogenated alkanes) is 1. The van der Waals surface area contributed by atoms with Crippen LogP contribution in [0.2, 0.25) is 0 Å². The second-order valence-electron chi connectivity index (χ2n) is 5.86. The van der Waals surface area contributed by atoms with Crippen molar-refractivity contribution in [2.45, 2.75) is 52.6 Å². The molecule has 0 radical (unpaired) electrons. The van der Waals surface area contributed by atoms with E-state index in [4.69, 9.17) is 14.2 Å². The molecule has 6 nitrogen and oxygen atoms in total. The average molecular weight is 351 g/mol. The van der Waals surface area contributed by atoms with Crippen molar-refractivity contribution >= 4 is 17.6 Å². The lowest BCUT2D eigenvalue weighted by atomic mass is 9.97. The van der Waals surface area contributed by atoms with Gasteiger partial charge in [-0.25, -0.2) is 4.79 Å². The summed E-state index contributed by atoms with van der Waals surface area (Å²) in [6.07, 6.45) is 2.50. The average Bonchev–Trinajstić information content (AvgIpc) is 2.60. The lowest BCUT2D eigenvalue weighted by Crippen LogP contribution is -2.42. The highest BCUT2D eigenvalue weighted by Gasteiger charge is 2.33. The van der Waals surface area contributed by atoms with Crippen molar-refractivity contribution < 1.29 is 23.8 Å². The molecule has 1 N–H and O–H groups in total. The van der Waals surface area contributed by atoms with Crippen molar-refractivity contribution in [3.8, 4) is 5.75 Å². The van der Waals surface area contributed by atoms with Gasteiger partial charge in [-0.3, -0.25) is 4.79 Å². The van der Waals surface area contributed by atoms with Crippen LogP contribution >= 0.6 is 0 Å². The molecule has 6 heteroatoms. The number of benzene rings is 1. The molecule has 0 saturated heterocycles. The van der Waals surface area contributed by atoms with Gasteiger partial charge in [0, 0.05) is 12.3 Å². The highest BCUT2D eigenvalue weighted by molar-refractivity contribution is 5.99. The Morgan fingerprint density at radius 2 is 1.88 bits per heavy atom. The molecule has 1 aromatic rings. The predicted octanol–water partition coefficient (Wildman–Crippen LogP) is 3.80. The molecule has 1 aromatic carbocycles. The number of carbonyl (C=O) groups excluding carboxylic acids is 2. The van der Waals surface area contributed by atoms with E-state index in [1.165, 1.54) is 7.11 Å². The Hall–Kier alpha value is -2.08. The Morgan fingerprint density at radius 3 is 2.44 bits per heavy atom. The first-order valence-electron chi connectivity index (χ1n) is 8.72. The summed E-state index contributed by atoms with van der Waals surface area (Å²) in [4.78, 5) is 24.8. The zero-order valence-corrected chi connectivity index (χ0v) is 15.8. The number of ether oxygens (including phenoxy) is 3. The number of esters is 1. The smallest absolute Gasteiger partial charge is 0.341 e. The van der Waals surface area contributed by atoms with Gasteiger partial charge in [-0.2, -0.15) is 0 Å². The lowest BCUT2D eigenvalue weighted by molar-refractivity contribution is -0.139. The van der Waals surface area contributed by atoms with Gasteiger partial charge in [0.2, 0.25) is 0 Å². The quantitative estimate of drug-likeness (QED) is 0.649. The summed E-state index contributed by atoms with van der Waals surface area (Å²) >= 11 is 0. The Bertz CT molecular complexity index is 587. The minimum absolute atomic E-state index is 0.234. The first-order chi connectivity index (χ1) is 11.9. The van der Waals surface area contributed by atoms with E-state index in [1.54, 1.807) is 32.0 Å². The number of amides is 1. The van der Waals surface area contributed by atoms with Crippen molar-refractivity contribution in [1.29, 1.82) is 0 Å². The summed E-state index contributed by atoms with van der Waals surface area (Å²) in [6, 6.07) is 4.87. The second-order valence-corrected chi connectivity index (χ2v) is 5.86. The number of hydrogen-bond donors (Lipinski definition) is 1. The van der Waals surface area contributed by atoms with Crippen LogP contribution in [0.3, 0.4) is 0 Å². The van der Waals surface area contributed by atoms with E-state index in [1.807, 2.05) is 6.92 Å². The molecular formula is C19H29NO5. The molecule has 1 atom stereocenters. The van der Waals surface area contributed by atoms with Crippen LogP contribution in [0.4, 0.5) is 5.69 Å². The van der Waals surface area contributed by atoms with Crippen molar-refractivity contribution in [2.24, 2.45) is 0 Å². The number of hydrogen-bond acceptors (Lipinski definition) is 5. The molecule has 0 spiro atoms. The van der Waals surface area contributed by atoms with Crippen LogP contribution in [-0.4, -0.2) is 37.8 Å². The van der Waals surface area contributed by atoms with Crippen LogP contribution in [0.1, 0.15) is 57.3 Å². The van der Waals surface area contributed by atoms with Gasteiger partial charge in [0.15, 0.2) is 0 Å². The van der Waals surface area contributed by atoms with E-state index in [0.29, 0.717) is 24.5 Å². The number of carbonyl (C=O) groups is 2. The molecule has 0 unspecified atom stereocenters. The zero-order chi connectivity index (χ0) is 18.9. The second kappa shape index (κ2) is 10.0. The molecule has 0 aliphatic rings. The minimum atomic E-state index is -0.908. The molecule has 0 aromatic heterocycles. The molecule has 140 valence electrons. The fraction of sp³-hybridized carbons (Fsp3) is 0.579. The number of rotatable bonds is 10. The first kappa shape index (κ1) is 21.0. The lowest BCUT2D eigenvalue weighted by Gasteiger charge is -2.28. The Kier molecular flexibility index (Phi) is 8.41. The Labute approximate surface area is 149 Å². The number of methoxy groups -OCH3 is 1. The van der Waals surface area contributed by atoms with Gasteiger partial charge < -0.3 is 19.5 Å². The summed E-state index contributed by atoms with van der Waals surface area (Å²) in [7, 11) is 1.48. The van der Waals surface area contributed by atoms with Crippen LogP contribution in [0, 0.1) is 0 Å². The normalized spacial score (nSPS) is 13.0. The van der Waals surface area contributed by atoms with Gasteiger partial charge in [-0.15, -0.1) is 0 Å². The fourth-order valence-corrected chi connectivity index (χ4v) is 2.50. The van der Waals surface area contributed by atoms with E-state index >= 15 is 0 Å². The third-order valence-electron chi connectivity index (χ3n) is 3.90. The van der Waals surface area contributed by atoms with E-state index in [0.717, 1.165) is 12.8 Å². The van der Waals surface area contributed by atoms with Crippen molar-refractivity contribution in [3.63, 3.8) is 0 Å². The monoisotopic (exact) mass is 351 g/mol. The third-order valence-corrected chi connectivity index (χ3v) is 3.90. The fourth-order valence-electron chi connectivity index (χ4n) is 2.50. The summed E-state index contributed by atoms with van der Waals surface area (Å²) in [5.41, 5.74) is -0.139. The molecule has 0 fully saturated rings. The third kappa shape index (κ3) is 5.74. The van der Waals surface area contributed by atoms with Gasteiger partial charge in [0.25, 0.3) is 5.91 Å². The molecule has 0 heterocycles. The summed E-state index contributed by atoms with van der Waals surface area (Å²) < 4.78 is 15.9. The zero-order valence-electron chi connectivity index (χ0n) is 15.8. The highest BCUT2D eigenvalue weighted by atomic mass is 16.5. The van der Waals surface area contributed by atoms with E-state index in [9.17, 15) is 9.59 Å². The van der Waals surface area contributed by atoms with E-state index in [2.05, 4.69) is 12.2 Å². The molecule has 25 heavy (non-hydrogen) atoms. The van der Waals surface area contributed by atoms with Crippen molar-refractivity contribution in [1.82, 2.24) is 0 Å². The van der Waals surface area contributed by atoms with Crippen LogP contribution < -0.4 is 10.1 Å². The van der Waals surface area contributed by atoms with Gasteiger partial charge in [-0.05, 0) is 45.4 Å². The first-order valence-corrected chi connectivity index (χ1v) is 8.72. The van der Waals surface area contributed by atoms with Crippen LogP contribution in [-0.2, 0) is 14.3 Å². The molecule has 1 rings (SSSR count). The highest BCUT2D eigenvalue weighted by Crippen LogP contribution is 2.26. The Morgan fingerprint density at radius 1 is 1.16 bits per heavy atom. The summed E-state index contributed by atoms with van der Waals surface area (Å²) in [5, 5.41) is 2.84. The largest absolute Gasteiger partial charge is 0.496 e. The molecular weight excluding hydrogens is 322 g/mol. The summed E-state index contributed by atoms with van der Waals surface area (Å²) in [6.45, 7) is 8.17. The standard InChI is InChI=1S/C19H29NO5/c1-6-9-12-19(4,25-8-3)18(22)20-14-10-11-16(23-5)15(13-14)17(21)24-7-2/h10-11,13H,6-9,12H2,1-5H3,(H,20,22)/t19-/m0/s1. The maximum Gasteiger partial charge on any atom is 0.341 e. The molecule has 0 saturated carbocycles. The Balaban J connectivity index is 3.02. The van der Waals surface area contributed by atoms with E-state index in [-0.39, 0.29) is 18.1 Å². The number of anilines is 1. The molecule has 0 aliphatic carbocycles. The predicted molar refractivity (Wildman–Crippen MR) is 97.1 cm³/mol. The van der Waals surface area contributed by atoms with Gasteiger partial charge in [0.05, 0.1) is 13.7 Å².